The van der Waals surface area contributed by atoms with Crippen LogP contribution in [0.2, 0.25) is 0 Å². The number of hydrogen-bond donors (Lipinski definition) is 3. The van der Waals surface area contributed by atoms with Gasteiger partial charge in [0.25, 0.3) is 0 Å². The van der Waals surface area contributed by atoms with Gasteiger partial charge in [-0.1, -0.05) is 17.3 Å². The maximum absolute atomic E-state index is 11.6. The number of ether oxygens (including phenoxy) is 1. The van der Waals surface area contributed by atoms with E-state index in [1.807, 2.05) is 0 Å². The number of amides is 2. The maximum Gasteiger partial charge on any atom is 0.325 e. The van der Waals surface area contributed by atoms with E-state index in [4.69, 9.17) is 9.94 Å². The molecular weight excluding hydrogens is 274 g/mol. The van der Waals surface area contributed by atoms with Crippen molar-refractivity contribution in [1.82, 2.24) is 5.32 Å². The van der Waals surface area contributed by atoms with Gasteiger partial charge < -0.3 is 20.6 Å². The number of hydrogen-bond acceptors (Lipinski definition) is 5. The fourth-order valence-corrected chi connectivity index (χ4v) is 1.48. The van der Waals surface area contributed by atoms with Gasteiger partial charge in [0, 0.05) is 5.69 Å². The Kier molecular flexibility index (Phi) is 6.19. The lowest BCUT2D eigenvalue weighted by Gasteiger charge is -2.10. The SMILES string of the molecule is C/C(=N\O)c1ccc(NC(=O)NCC(=O)OC(C)C)cc1. The van der Waals surface area contributed by atoms with E-state index in [9.17, 15) is 9.59 Å². The molecule has 0 fully saturated rings. The summed E-state index contributed by atoms with van der Waals surface area (Å²) in [6.07, 6.45) is -0.216. The third-order valence-electron chi connectivity index (χ3n) is 2.47. The van der Waals surface area contributed by atoms with Crippen LogP contribution in [0.3, 0.4) is 0 Å². The van der Waals surface area contributed by atoms with Crippen molar-refractivity contribution in [1.29, 1.82) is 0 Å². The zero-order valence-corrected chi connectivity index (χ0v) is 12.2. The molecule has 0 radical (unpaired) electrons. The Morgan fingerprint density at radius 1 is 1.29 bits per heavy atom. The molecule has 0 aliphatic carbocycles. The summed E-state index contributed by atoms with van der Waals surface area (Å²) in [6, 6.07) is 6.23. The van der Waals surface area contributed by atoms with Crippen molar-refractivity contribution >= 4 is 23.4 Å². The van der Waals surface area contributed by atoms with Crippen LogP contribution in [-0.2, 0) is 9.53 Å². The first kappa shape index (κ1) is 16.5. The van der Waals surface area contributed by atoms with Gasteiger partial charge in [-0.05, 0) is 38.5 Å². The van der Waals surface area contributed by atoms with Crippen LogP contribution in [-0.4, -0.2) is 35.6 Å². The topological polar surface area (TPSA) is 100 Å². The summed E-state index contributed by atoms with van der Waals surface area (Å²) < 4.78 is 4.89. The summed E-state index contributed by atoms with van der Waals surface area (Å²) in [4.78, 5) is 22.8. The number of urea groups is 1. The third-order valence-corrected chi connectivity index (χ3v) is 2.47. The zero-order valence-electron chi connectivity index (χ0n) is 12.2. The molecule has 0 unspecified atom stereocenters. The van der Waals surface area contributed by atoms with Gasteiger partial charge in [0.1, 0.15) is 6.54 Å². The third kappa shape index (κ3) is 5.94. The van der Waals surface area contributed by atoms with Crippen LogP contribution in [0.4, 0.5) is 10.5 Å². The summed E-state index contributed by atoms with van der Waals surface area (Å²) >= 11 is 0. The minimum atomic E-state index is -0.504. The van der Waals surface area contributed by atoms with Crippen molar-refractivity contribution < 1.29 is 19.5 Å². The first-order chi connectivity index (χ1) is 9.92. The minimum Gasteiger partial charge on any atom is -0.462 e. The molecule has 0 saturated carbocycles. The first-order valence-corrected chi connectivity index (χ1v) is 6.45. The van der Waals surface area contributed by atoms with Crippen molar-refractivity contribution in [3.63, 3.8) is 0 Å². The molecule has 0 spiro atoms. The molecule has 0 heterocycles. The molecule has 1 aromatic rings. The second-order valence-electron chi connectivity index (χ2n) is 4.61. The fraction of sp³-hybridized carbons (Fsp3) is 0.357. The molecule has 0 aliphatic rings. The standard InChI is InChI=1S/C14H19N3O4/c1-9(2)21-13(18)8-15-14(19)16-12-6-4-11(5-7-12)10(3)17-20/h4-7,9,20H,8H2,1-3H3,(H2,15,16,19)/b17-10+. The smallest absolute Gasteiger partial charge is 0.325 e. The number of rotatable bonds is 5. The van der Waals surface area contributed by atoms with Gasteiger partial charge in [0.05, 0.1) is 11.8 Å². The number of oxime groups is 1. The molecule has 1 aromatic carbocycles. The molecule has 0 aliphatic heterocycles. The van der Waals surface area contributed by atoms with Crippen LogP contribution < -0.4 is 10.6 Å². The zero-order chi connectivity index (χ0) is 15.8. The molecule has 7 heteroatoms. The second kappa shape index (κ2) is 7.88. The number of nitrogens with one attached hydrogen (secondary N) is 2. The van der Waals surface area contributed by atoms with Gasteiger partial charge in [-0.15, -0.1) is 0 Å². The predicted octanol–water partition coefficient (Wildman–Crippen LogP) is 1.96. The number of benzene rings is 1. The largest absolute Gasteiger partial charge is 0.462 e. The molecule has 0 bridgehead atoms. The van der Waals surface area contributed by atoms with Gasteiger partial charge in [-0.25, -0.2) is 4.79 Å². The van der Waals surface area contributed by atoms with E-state index in [1.54, 1.807) is 45.0 Å². The summed E-state index contributed by atoms with van der Waals surface area (Å²) in [5.41, 5.74) is 1.77. The van der Waals surface area contributed by atoms with E-state index >= 15 is 0 Å². The lowest BCUT2D eigenvalue weighted by molar-refractivity contribution is -0.146. The Labute approximate surface area is 123 Å². The van der Waals surface area contributed by atoms with Crippen LogP contribution in [0.15, 0.2) is 29.4 Å². The highest BCUT2D eigenvalue weighted by atomic mass is 16.5. The molecule has 3 N–H and O–H groups in total. The van der Waals surface area contributed by atoms with Crippen molar-refractivity contribution in [3.8, 4) is 0 Å². The predicted molar refractivity (Wildman–Crippen MR) is 78.7 cm³/mol. The van der Waals surface area contributed by atoms with Crippen LogP contribution in [0.25, 0.3) is 0 Å². The normalized spacial score (nSPS) is 11.1. The van der Waals surface area contributed by atoms with E-state index < -0.39 is 12.0 Å². The molecule has 7 nitrogen and oxygen atoms in total. The van der Waals surface area contributed by atoms with Gasteiger partial charge in [-0.2, -0.15) is 0 Å². The fourth-order valence-electron chi connectivity index (χ4n) is 1.48. The number of carbonyl (C=O) groups excluding carboxylic acids is 2. The lowest BCUT2D eigenvalue weighted by atomic mass is 10.1. The van der Waals surface area contributed by atoms with Crippen LogP contribution in [0, 0.1) is 0 Å². The average molecular weight is 293 g/mol. The highest BCUT2D eigenvalue weighted by Gasteiger charge is 2.08. The van der Waals surface area contributed by atoms with E-state index in [-0.39, 0.29) is 12.6 Å². The Morgan fingerprint density at radius 2 is 1.90 bits per heavy atom. The number of carbonyl (C=O) groups is 2. The van der Waals surface area contributed by atoms with E-state index in [2.05, 4.69) is 15.8 Å². The van der Waals surface area contributed by atoms with Crippen LogP contribution >= 0.6 is 0 Å². The molecule has 21 heavy (non-hydrogen) atoms. The Morgan fingerprint density at radius 3 is 2.43 bits per heavy atom. The van der Waals surface area contributed by atoms with E-state index in [0.29, 0.717) is 11.4 Å². The Hall–Kier alpha value is -2.57. The maximum atomic E-state index is 11.6. The molecule has 2 amide bonds. The van der Waals surface area contributed by atoms with Gasteiger partial charge in [0.15, 0.2) is 0 Å². The molecule has 1 rings (SSSR count). The summed E-state index contributed by atoms with van der Waals surface area (Å²) in [6.45, 7) is 4.93. The highest BCUT2D eigenvalue weighted by Crippen LogP contribution is 2.10. The van der Waals surface area contributed by atoms with Crippen molar-refractivity contribution in [2.45, 2.75) is 26.9 Å². The quantitative estimate of drug-likeness (QED) is 0.334. The average Bonchev–Trinajstić information content (AvgIpc) is 2.44. The lowest BCUT2D eigenvalue weighted by Crippen LogP contribution is -2.34. The summed E-state index contributed by atoms with van der Waals surface area (Å²) in [7, 11) is 0. The Bertz CT molecular complexity index is 524. The van der Waals surface area contributed by atoms with E-state index in [0.717, 1.165) is 5.56 Å². The molecule has 0 aromatic heterocycles. The minimum absolute atomic E-state index is 0.196. The van der Waals surface area contributed by atoms with Crippen molar-refractivity contribution in [2.75, 3.05) is 11.9 Å². The number of esters is 1. The molecule has 114 valence electrons. The first-order valence-electron chi connectivity index (χ1n) is 6.45. The van der Waals surface area contributed by atoms with Gasteiger partial charge in [0.2, 0.25) is 0 Å². The van der Waals surface area contributed by atoms with Gasteiger partial charge in [-0.3, -0.25) is 4.79 Å². The Balaban J connectivity index is 2.46. The molecular formula is C14H19N3O4. The van der Waals surface area contributed by atoms with Crippen molar-refractivity contribution in [2.24, 2.45) is 5.16 Å². The molecule has 0 atom stereocenters. The monoisotopic (exact) mass is 293 g/mol. The number of anilines is 1. The highest BCUT2D eigenvalue weighted by molar-refractivity contribution is 5.99. The molecule has 0 saturated heterocycles. The van der Waals surface area contributed by atoms with E-state index in [1.165, 1.54) is 0 Å². The van der Waals surface area contributed by atoms with Crippen molar-refractivity contribution in [3.05, 3.63) is 29.8 Å². The number of nitrogens with zero attached hydrogens (tertiary/aromatic N) is 1. The van der Waals surface area contributed by atoms with Crippen LogP contribution in [0.1, 0.15) is 26.3 Å². The van der Waals surface area contributed by atoms with Crippen LogP contribution in [0.5, 0.6) is 0 Å². The summed E-state index contributed by atoms with van der Waals surface area (Å²) in [5.74, 6) is -0.495. The second-order valence-corrected chi connectivity index (χ2v) is 4.61. The summed E-state index contributed by atoms with van der Waals surface area (Å²) in [5, 5.41) is 16.7. The van der Waals surface area contributed by atoms with Gasteiger partial charge >= 0.3 is 12.0 Å².